The summed E-state index contributed by atoms with van der Waals surface area (Å²) in [5.74, 6) is -2.22. The standard InChI is InChI=1S/C29H27ClF5N9O2/c1-12(14-7-13(31)9-37-24(14)36)39-25-19-23(41-27(42-25)46-11-28(2)5-4-6-44(28)3)21(32)22(40-26(19)45)18-15-10-38-43-17(15)8-16(30)20(18)29(33,34)35/h7-10,12H,4-6,11H2,1-3H3,(H2,36,37)(H,38,43)(H,40,45)(H,39,41,42)/t12-,28+/m1/s1. The lowest BCUT2D eigenvalue weighted by molar-refractivity contribution is -0.136. The number of alkyl halides is 3. The van der Waals surface area contributed by atoms with E-state index in [9.17, 15) is 22.4 Å². The predicted octanol–water partition coefficient (Wildman–Crippen LogP) is 5.83. The van der Waals surface area contributed by atoms with Crippen LogP contribution in [0.15, 0.2) is 29.3 Å². The molecule has 17 heteroatoms. The van der Waals surface area contributed by atoms with Crippen molar-refractivity contribution < 1.29 is 26.7 Å². The highest BCUT2D eigenvalue weighted by atomic mass is 35.5. The maximum absolute atomic E-state index is 16.6. The zero-order valence-corrected chi connectivity index (χ0v) is 25.4. The molecule has 0 unspecified atom stereocenters. The van der Waals surface area contributed by atoms with E-state index in [4.69, 9.17) is 22.1 Å². The number of ether oxygens (including phenoxy) is 1. The second-order valence-electron chi connectivity index (χ2n) is 11.5. The molecular weight excluding hydrogens is 637 g/mol. The number of H-pyrrole nitrogens is 2. The summed E-state index contributed by atoms with van der Waals surface area (Å²) in [4.78, 5) is 30.3. The Bertz CT molecular complexity index is 2050. The van der Waals surface area contributed by atoms with Crippen molar-refractivity contribution >= 4 is 45.0 Å². The molecule has 1 saturated heterocycles. The van der Waals surface area contributed by atoms with E-state index in [-0.39, 0.29) is 40.7 Å². The van der Waals surface area contributed by atoms with Gasteiger partial charge in [-0.25, -0.2) is 13.8 Å². The van der Waals surface area contributed by atoms with Gasteiger partial charge in [0.15, 0.2) is 5.82 Å². The van der Waals surface area contributed by atoms with Crippen LogP contribution in [-0.2, 0) is 6.18 Å². The first-order chi connectivity index (χ1) is 21.7. The molecule has 0 radical (unpaired) electrons. The average molecular weight is 664 g/mol. The number of nitrogens with one attached hydrogen (secondary N) is 3. The molecule has 6 rings (SSSR count). The van der Waals surface area contributed by atoms with Crippen LogP contribution in [0.4, 0.5) is 33.6 Å². The topological polar surface area (TPSA) is 151 Å². The summed E-state index contributed by atoms with van der Waals surface area (Å²) in [6, 6.07) is 0.970. The zero-order chi connectivity index (χ0) is 33.1. The quantitative estimate of drug-likeness (QED) is 0.158. The minimum atomic E-state index is -5.04. The van der Waals surface area contributed by atoms with Crippen molar-refractivity contribution in [3.8, 4) is 17.3 Å². The molecule has 1 aliphatic heterocycles. The summed E-state index contributed by atoms with van der Waals surface area (Å²) in [6.45, 7) is 4.46. The normalized spacial score (nSPS) is 18.0. The fourth-order valence-electron chi connectivity index (χ4n) is 5.76. The van der Waals surface area contributed by atoms with Gasteiger partial charge in [0.1, 0.15) is 35.0 Å². The number of rotatable bonds is 7. The molecule has 242 valence electrons. The smallest absolute Gasteiger partial charge is 0.418 e. The van der Waals surface area contributed by atoms with E-state index < -0.39 is 67.7 Å². The largest absolute Gasteiger partial charge is 0.461 e. The predicted molar refractivity (Wildman–Crippen MR) is 162 cm³/mol. The van der Waals surface area contributed by atoms with Crippen LogP contribution in [0.25, 0.3) is 33.1 Å². The van der Waals surface area contributed by atoms with E-state index in [1.54, 1.807) is 6.92 Å². The Morgan fingerprint density at radius 1 is 1.24 bits per heavy atom. The number of fused-ring (bicyclic) bond motifs is 2. The first-order valence-corrected chi connectivity index (χ1v) is 14.4. The van der Waals surface area contributed by atoms with E-state index in [1.165, 1.54) is 0 Å². The van der Waals surface area contributed by atoms with Crippen molar-refractivity contribution in [1.29, 1.82) is 0 Å². The molecule has 1 aliphatic rings. The van der Waals surface area contributed by atoms with Crippen molar-refractivity contribution in [2.45, 2.75) is 44.4 Å². The van der Waals surface area contributed by atoms with Crippen LogP contribution >= 0.6 is 11.6 Å². The van der Waals surface area contributed by atoms with Crippen molar-refractivity contribution in [1.82, 2.24) is 35.0 Å². The summed E-state index contributed by atoms with van der Waals surface area (Å²) in [5.41, 5.74) is 1.25. The number of benzene rings is 1. The van der Waals surface area contributed by atoms with Gasteiger partial charge in [0.25, 0.3) is 5.56 Å². The van der Waals surface area contributed by atoms with Crippen LogP contribution < -0.4 is 21.3 Å². The van der Waals surface area contributed by atoms with Crippen LogP contribution in [0.1, 0.15) is 43.9 Å². The van der Waals surface area contributed by atoms with Crippen LogP contribution in [0.3, 0.4) is 0 Å². The van der Waals surface area contributed by atoms with Gasteiger partial charge < -0.3 is 20.8 Å². The molecule has 1 fully saturated rings. The van der Waals surface area contributed by atoms with Crippen molar-refractivity contribution in [3.05, 3.63) is 62.7 Å². The van der Waals surface area contributed by atoms with Crippen LogP contribution in [0.5, 0.6) is 6.01 Å². The Morgan fingerprint density at radius 3 is 2.70 bits per heavy atom. The van der Waals surface area contributed by atoms with Gasteiger partial charge in [-0.2, -0.15) is 28.2 Å². The molecule has 0 amide bonds. The van der Waals surface area contributed by atoms with Crippen LogP contribution in [0, 0.1) is 11.6 Å². The molecule has 4 aromatic heterocycles. The number of likely N-dealkylation sites (N-methyl/N-ethyl adjacent to an activating group) is 1. The van der Waals surface area contributed by atoms with Gasteiger partial charge in [0.05, 0.1) is 45.8 Å². The second-order valence-corrected chi connectivity index (χ2v) is 11.9. The van der Waals surface area contributed by atoms with E-state index in [2.05, 4.69) is 40.3 Å². The first-order valence-electron chi connectivity index (χ1n) is 14.1. The molecule has 0 bridgehead atoms. The highest BCUT2D eigenvalue weighted by Gasteiger charge is 2.39. The Morgan fingerprint density at radius 2 is 2.00 bits per heavy atom. The lowest BCUT2D eigenvalue weighted by atomic mass is 9.98. The molecule has 0 saturated carbocycles. The van der Waals surface area contributed by atoms with Crippen molar-refractivity contribution in [3.63, 3.8) is 0 Å². The maximum atomic E-state index is 16.6. The van der Waals surface area contributed by atoms with E-state index in [0.717, 1.165) is 43.9 Å². The van der Waals surface area contributed by atoms with Crippen molar-refractivity contribution in [2.24, 2.45) is 0 Å². The van der Waals surface area contributed by atoms with Gasteiger partial charge >= 0.3 is 12.2 Å². The lowest BCUT2D eigenvalue weighted by Gasteiger charge is -2.31. The van der Waals surface area contributed by atoms with Gasteiger partial charge in [-0.15, -0.1) is 0 Å². The van der Waals surface area contributed by atoms with E-state index in [1.807, 2.05) is 14.0 Å². The number of halogens is 6. The van der Waals surface area contributed by atoms with Crippen molar-refractivity contribution in [2.75, 3.05) is 31.2 Å². The van der Waals surface area contributed by atoms with E-state index >= 15 is 4.39 Å². The number of pyridine rings is 2. The highest BCUT2D eigenvalue weighted by Crippen LogP contribution is 2.45. The fraction of sp³-hybridized carbons (Fsp3) is 0.345. The number of anilines is 2. The minimum absolute atomic E-state index is 0.0134. The lowest BCUT2D eigenvalue weighted by Crippen LogP contribution is -2.43. The summed E-state index contributed by atoms with van der Waals surface area (Å²) in [7, 11) is 1.93. The monoisotopic (exact) mass is 663 g/mol. The van der Waals surface area contributed by atoms with E-state index in [0.29, 0.717) is 0 Å². The third-order valence-corrected chi connectivity index (χ3v) is 8.69. The van der Waals surface area contributed by atoms with Gasteiger partial charge in [-0.1, -0.05) is 11.6 Å². The maximum Gasteiger partial charge on any atom is 0.418 e. The summed E-state index contributed by atoms with van der Waals surface area (Å²) < 4.78 is 79.7. The SMILES string of the molecule is C[C@@H](Nc1nc(OC[C@]2(C)CCCN2C)nc2c(F)c(-c3c(C(F)(F)F)c(Cl)cc4[nH]ncc34)[nH]c(=O)c12)c1cc(F)cnc1N. The molecular formula is C29H27ClF5N9O2. The van der Waals surface area contributed by atoms with Gasteiger partial charge in [-0.3, -0.25) is 14.8 Å². The molecule has 2 atom stereocenters. The van der Waals surface area contributed by atoms with Gasteiger partial charge in [0, 0.05) is 16.5 Å². The summed E-state index contributed by atoms with van der Waals surface area (Å²) in [5, 5.41) is 7.91. The molecule has 0 aliphatic carbocycles. The Hall–Kier alpha value is -4.57. The van der Waals surface area contributed by atoms with Gasteiger partial charge in [0.2, 0.25) is 0 Å². The number of nitrogen functional groups attached to an aromatic ring is 1. The summed E-state index contributed by atoms with van der Waals surface area (Å²) >= 11 is 6.04. The van der Waals surface area contributed by atoms with Crippen LogP contribution in [-0.4, -0.2) is 60.8 Å². The molecule has 46 heavy (non-hydrogen) atoms. The number of aromatic nitrogens is 6. The number of nitrogens with zero attached hydrogens (tertiary/aromatic N) is 5. The molecule has 5 aromatic rings. The third kappa shape index (κ3) is 5.44. The Balaban J connectivity index is 1.57. The molecule has 0 spiro atoms. The fourth-order valence-corrected chi connectivity index (χ4v) is 6.07. The minimum Gasteiger partial charge on any atom is -0.461 e. The molecule has 5 N–H and O–H groups in total. The number of aromatic amines is 2. The Kier molecular flexibility index (Phi) is 7.75. The van der Waals surface area contributed by atoms with Gasteiger partial charge in [-0.05, 0) is 52.4 Å². The Labute approximate surface area is 262 Å². The number of likely N-dealkylation sites (tertiary alicyclic amines) is 1. The highest BCUT2D eigenvalue weighted by molar-refractivity contribution is 6.33. The third-order valence-electron chi connectivity index (χ3n) is 8.39. The molecule has 5 heterocycles. The number of hydrogen-bond acceptors (Lipinski definition) is 9. The first kappa shape index (κ1) is 31.4. The number of hydrogen-bond donors (Lipinski definition) is 4. The summed E-state index contributed by atoms with van der Waals surface area (Å²) in [6.07, 6.45) is -1.34. The molecule has 11 nitrogen and oxygen atoms in total. The molecule has 1 aromatic carbocycles. The average Bonchev–Trinajstić information content (AvgIpc) is 3.59. The second kappa shape index (κ2) is 11.3. The number of nitrogens with two attached hydrogens (primary N) is 1. The zero-order valence-electron chi connectivity index (χ0n) is 24.6. The van der Waals surface area contributed by atoms with Crippen LogP contribution in [0.2, 0.25) is 5.02 Å².